The van der Waals surface area contributed by atoms with Gasteiger partial charge in [0.2, 0.25) is 0 Å². The fourth-order valence-corrected chi connectivity index (χ4v) is 2.90. The summed E-state index contributed by atoms with van der Waals surface area (Å²) in [6.45, 7) is 7.13. The van der Waals surface area contributed by atoms with Gasteiger partial charge in [-0.2, -0.15) is 0 Å². The maximum absolute atomic E-state index is 12.0. The van der Waals surface area contributed by atoms with Crippen molar-refractivity contribution in [1.82, 2.24) is 14.8 Å². The maximum Gasteiger partial charge on any atom is 0.312 e. The van der Waals surface area contributed by atoms with Crippen LogP contribution in [0.2, 0.25) is 0 Å². The molecule has 1 aromatic heterocycles. The molecular weight excluding hydrogens is 276 g/mol. The van der Waals surface area contributed by atoms with Crippen LogP contribution in [0.15, 0.2) is 6.20 Å². The molecule has 0 spiro atoms. The Bertz CT molecular complexity index is 488. The van der Waals surface area contributed by atoms with Gasteiger partial charge in [-0.25, -0.2) is 4.98 Å². The molecule has 0 bridgehead atoms. The van der Waals surface area contributed by atoms with Gasteiger partial charge in [0.1, 0.15) is 0 Å². The summed E-state index contributed by atoms with van der Waals surface area (Å²) in [5, 5.41) is 4.09. The maximum atomic E-state index is 12.0. The smallest absolute Gasteiger partial charge is 0.312 e. The summed E-state index contributed by atoms with van der Waals surface area (Å²) in [6.07, 6.45) is 2.81. The molecule has 1 N–H and O–H groups in total. The predicted octanol–water partition coefficient (Wildman–Crippen LogP) is 1.16. The topological polar surface area (TPSA) is 65.5 Å². The monoisotopic (exact) mass is 296 g/mol. The number of anilines is 1. The summed E-state index contributed by atoms with van der Waals surface area (Å²) >= 11 is 1.54. The zero-order chi connectivity index (χ0) is 14.5. The Hall–Kier alpha value is -1.63. The van der Waals surface area contributed by atoms with Crippen molar-refractivity contribution in [3.05, 3.63) is 11.1 Å². The quantitative estimate of drug-likeness (QED) is 0.800. The molecule has 1 aliphatic rings. The molecule has 1 fully saturated rings. The van der Waals surface area contributed by atoms with Gasteiger partial charge >= 0.3 is 11.8 Å². The minimum Gasteiger partial charge on any atom is -0.362 e. The van der Waals surface area contributed by atoms with E-state index in [1.54, 1.807) is 16.0 Å². The van der Waals surface area contributed by atoms with E-state index in [0.717, 1.165) is 23.0 Å². The fraction of sp³-hybridized carbons (Fsp3) is 0.615. The van der Waals surface area contributed by atoms with Crippen molar-refractivity contribution >= 4 is 28.3 Å². The summed E-state index contributed by atoms with van der Waals surface area (Å²) in [4.78, 5) is 32.2. The Morgan fingerprint density at radius 1 is 1.25 bits per heavy atom. The lowest BCUT2D eigenvalue weighted by atomic mass is 10.3. The van der Waals surface area contributed by atoms with E-state index in [1.165, 1.54) is 11.3 Å². The minimum atomic E-state index is -0.408. The fourth-order valence-electron chi connectivity index (χ4n) is 2.05. The van der Waals surface area contributed by atoms with E-state index < -0.39 is 11.8 Å². The van der Waals surface area contributed by atoms with Gasteiger partial charge in [0.15, 0.2) is 5.13 Å². The van der Waals surface area contributed by atoms with Gasteiger partial charge in [0.25, 0.3) is 0 Å². The number of nitrogens with one attached hydrogen (secondary N) is 1. The SMILES string of the molecule is CCCNc1ncc(CN2CCN(CC)C(=O)C2=O)s1. The van der Waals surface area contributed by atoms with Gasteiger partial charge in [-0.05, 0) is 13.3 Å². The van der Waals surface area contributed by atoms with Crippen LogP contribution < -0.4 is 5.32 Å². The minimum absolute atomic E-state index is 0.396. The molecule has 20 heavy (non-hydrogen) atoms. The van der Waals surface area contributed by atoms with Crippen molar-refractivity contribution in [1.29, 1.82) is 0 Å². The molecule has 0 unspecified atom stereocenters. The van der Waals surface area contributed by atoms with Crippen molar-refractivity contribution in [3.8, 4) is 0 Å². The van der Waals surface area contributed by atoms with Crippen molar-refractivity contribution in [2.45, 2.75) is 26.8 Å². The first-order chi connectivity index (χ1) is 9.65. The number of carbonyl (C=O) groups excluding carboxylic acids is 2. The van der Waals surface area contributed by atoms with Crippen LogP contribution >= 0.6 is 11.3 Å². The second-order valence-electron chi connectivity index (χ2n) is 4.67. The van der Waals surface area contributed by atoms with Crippen LogP contribution in [0.3, 0.4) is 0 Å². The Labute approximate surface area is 122 Å². The van der Waals surface area contributed by atoms with E-state index in [9.17, 15) is 9.59 Å². The highest BCUT2D eigenvalue weighted by Crippen LogP contribution is 2.20. The first kappa shape index (κ1) is 14.8. The van der Waals surface area contributed by atoms with E-state index in [0.29, 0.717) is 26.2 Å². The van der Waals surface area contributed by atoms with Gasteiger partial charge in [-0.3, -0.25) is 9.59 Å². The number of hydrogen-bond donors (Lipinski definition) is 1. The molecule has 2 amide bonds. The van der Waals surface area contributed by atoms with E-state index in [1.807, 2.05) is 6.92 Å². The number of nitrogens with zero attached hydrogens (tertiary/aromatic N) is 3. The molecule has 1 saturated heterocycles. The summed E-state index contributed by atoms with van der Waals surface area (Å²) in [5.41, 5.74) is 0. The van der Waals surface area contributed by atoms with Crippen molar-refractivity contribution in [2.24, 2.45) is 0 Å². The Morgan fingerprint density at radius 2 is 1.95 bits per heavy atom. The van der Waals surface area contributed by atoms with Crippen LogP contribution in [0.25, 0.3) is 0 Å². The molecule has 6 nitrogen and oxygen atoms in total. The number of thiazole rings is 1. The van der Waals surface area contributed by atoms with Crippen LogP contribution in [-0.2, 0) is 16.1 Å². The Balaban J connectivity index is 1.95. The summed E-state index contributed by atoms with van der Waals surface area (Å²) in [7, 11) is 0. The van der Waals surface area contributed by atoms with Gasteiger partial charge in [0.05, 0.1) is 6.54 Å². The van der Waals surface area contributed by atoms with Crippen LogP contribution in [0.5, 0.6) is 0 Å². The van der Waals surface area contributed by atoms with Gasteiger partial charge < -0.3 is 15.1 Å². The molecule has 7 heteroatoms. The lowest BCUT2D eigenvalue weighted by molar-refractivity contribution is -0.156. The normalized spacial score (nSPS) is 15.9. The highest BCUT2D eigenvalue weighted by molar-refractivity contribution is 7.15. The number of amides is 2. The summed E-state index contributed by atoms with van der Waals surface area (Å²) < 4.78 is 0. The van der Waals surface area contributed by atoms with Gasteiger partial charge in [-0.15, -0.1) is 11.3 Å². The van der Waals surface area contributed by atoms with Crippen LogP contribution in [-0.4, -0.2) is 52.8 Å². The van der Waals surface area contributed by atoms with E-state index in [2.05, 4.69) is 17.2 Å². The van der Waals surface area contributed by atoms with E-state index in [4.69, 9.17) is 0 Å². The Kier molecular flexibility index (Phi) is 4.94. The highest BCUT2D eigenvalue weighted by Gasteiger charge is 2.31. The number of likely N-dealkylation sites (N-methyl/N-ethyl adjacent to an activating group) is 1. The predicted molar refractivity (Wildman–Crippen MR) is 78.6 cm³/mol. The first-order valence-corrected chi connectivity index (χ1v) is 7.74. The van der Waals surface area contributed by atoms with Crippen LogP contribution in [0, 0.1) is 0 Å². The molecule has 0 radical (unpaired) electrons. The molecule has 110 valence electrons. The molecule has 1 aliphatic heterocycles. The third kappa shape index (κ3) is 3.27. The molecule has 0 atom stereocenters. The van der Waals surface area contributed by atoms with Crippen molar-refractivity contribution in [3.63, 3.8) is 0 Å². The van der Waals surface area contributed by atoms with E-state index in [-0.39, 0.29) is 0 Å². The number of piperazine rings is 1. The molecule has 1 aromatic rings. The average molecular weight is 296 g/mol. The summed E-state index contributed by atoms with van der Waals surface area (Å²) in [6, 6.07) is 0. The standard InChI is InChI=1S/C13H20N4O2S/c1-3-5-14-13-15-8-10(20-13)9-17-7-6-16(4-2)11(18)12(17)19/h8H,3-7,9H2,1-2H3,(H,14,15). The van der Waals surface area contributed by atoms with Gasteiger partial charge in [-0.1, -0.05) is 6.92 Å². The van der Waals surface area contributed by atoms with Crippen LogP contribution in [0.4, 0.5) is 5.13 Å². The highest BCUT2D eigenvalue weighted by atomic mass is 32.1. The first-order valence-electron chi connectivity index (χ1n) is 6.92. The lowest BCUT2D eigenvalue weighted by Gasteiger charge is -2.32. The summed E-state index contributed by atoms with van der Waals surface area (Å²) in [5.74, 6) is -0.804. The zero-order valence-corrected chi connectivity index (χ0v) is 12.7. The second kappa shape index (κ2) is 6.69. The molecule has 0 saturated carbocycles. The number of aromatic nitrogens is 1. The Morgan fingerprint density at radius 3 is 2.65 bits per heavy atom. The molecular formula is C13H20N4O2S. The van der Waals surface area contributed by atoms with Crippen molar-refractivity contribution < 1.29 is 9.59 Å². The lowest BCUT2D eigenvalue weighted by Crippen LogP contribution is -2.53. The zero-order valence-electron chi connectivity index (χ0n) is 11.9. The number of hydrogen-bond acceptors (Lipinski definition) is 5. The second-order valence-corrected chi connectivity index (χ2v) is 5.79. The molecule has 0 aliphatic carbocycles. The third-order valence-corrected chi connectivity index (χ3v) is 4.15. The largest absolute Gasteiger partial charge is 0.362 e. The molecule has 2 heterocycles. The molecule has 2 rings (SSSR count). The van der Waals surface area contributed by atoms with Gasteiger partial charge in [0, 0.05) is 37.3 Å². The average Bonchev–Trinajstić information content (AvgIpc) is 2.89. The number of rotatable bonds is 6. The van der Waals surface area contributed by atoms with Crippen molar-refractivity contribution in [2.75, 3.05) is 31.5 Å². The van der Waals surface area contributed by atoms with E-state index >= 15 is 0 Å². The molecule has 0 aromatic carbocycles. The third-order valence-electron chi connectivity index (χ3n) is 3.21. The number of carbonyl (C=O) groups is 2. The van der Waals surface area contributed by atoms with Crippen LogP contribution in [0.1, 0.15) is 25.1 Å².